The first kappa shape index (κ1) is 20.3. The molecule has 3 rings (SSSR count). The van der Waals surface area contributed by atoms with Crippen molar-refractivity contribution in [2.45, 2.75) is 38.6 Å². The number of nitrogens with one attached hydrogen (secondary N) is 1. The molecule has 1 aliphatic heterocycles. The van der Waals surface area contributed by atoms with Gasteiger partial charge < -0.3 is 24.4 Å². The van der Waals surface area contributed by atoms with Gasteiger partial charge in [0.2, 0.25) is 17.6 Å². The maximum Gasteiger partial charge on any atom is 0.225 e. The molecule has 0 spiro atoms. The highest BCUT2D eigenvalue weighted by Gasteiger charge is 2.44. The third-order valence-corrected chi connectivity index (χ3v) is 5.44. The van der Waals surface area contributed by atoms with Crippen LogP contribution in [-0.2, 0) is 9.59 Å². The molecule has 2 aliphatic rings. The molecule has 0 radical (unpaired) electrons. The number of ether oxygens (including phenoxy) is 3. The molecule has 2 amide bonds. The van der Waals surface area contributed by atoms with Crippen LogP contribution in [0, 0.1) is 11.8 Å². The average molecular weight is 390 g/mol. The van der Waals surface area contributed by atoms with E-state index in [4.69, 9.17) is 14.2 Å². The van der Waals surface area contributed by atoms with Crippen LogP contribution in [0.25, 0.3) is 0 Å². The third kappa shape index (κ3) is 4.03. The van der Waals surface area contributed by atoms with Crippen molar-refractivity contribution in [2.75, 3.05) is 34.4 Å². The van der Waals surface area contributed by atoms with Crippen molar-refractivity contribution in [2.24, 2.45) is 11.8 Å². The summed E-state index contributed by atoms with van der Waals surface area (Å²) in [6, 6.07) is 3.81. The summed E-state index contributed by atoms with van der Waals surface area (Å²) in [6.07, 6.45) is 1.90. The summed E-state index contributed by atoms with van der Waals surface area (Å²) < 4.78 is 16.4. The number of rotatable bonds is 7. The number of hydrogen-bond donors (Lipinski definition) is 1. The number of likely N-dealkylation sites (tertiary alicyclic amines) is 1. The molecule has 0 bridgehead atoms. The Hall–Kier alpha value is -2.44. The molecule has 1 aromatic carbocycles. The standard InChI is InChI=1S/C21H30N2O5/c1-12(2)22-20(24)16-11-23(21(25)13-6-7-13)10-15(16)14-8-17(26-3)19(28-5)18(9-14)27-4/h8-9,12-13,15-16H,6-7,10-11H2,1-5H3,(H,22,24). The lowest BCUT2D eigenvalue weighted by atomic mass is 9.87. The minimum absolute atomic E-state index is 0.0279. The van der Waals surface area contributed by atoms with Crippen molar-refractivity contribution in [3.05, 3.63) is 17.7 Å². The number of carbonyl (C=O) groups is 2. The first-order valence-corrected chi connectivity index (χ1v) is 9.78. The molecule has 154 valence electrons. The number of nitrogens with zero attached hydrogens (tertiary/aromatic N) is 1. The van der Waals surface area contributed by atoms with Gasteiger partial charge in [-0.2, -0.15) is 0 Å². The van der Waals surface area contributed by atoms with Gasteiger partial charge in [-0.05, 0) is 44.4 Å². The van der Waals surface area contributed by atoms with Crippen LogP contribution in [0.3, 0.4) is 0 Å². The van der Waals surface area contributed by atoms with Crippen LogP contribution in [0.5, 0.6) is 17.2 Å². The fourth-order valence-corrected chi connectivity index (χ4v) is 3.88. The zero-order chi connectivity index (χ0) is 20.4. The smallest absolute Gasteiger partial charge is 0.225 e. The molecule has 2 unspecified atom stereocenters. The third-order valence-electron chi connectivity index (χ3n) is 5.44. The van der Waals surface area contributed by atoms with Gasteiger partial charge >= 0.3 is 0 Å². The van der Waals surface area contributed by atoms with Crippen LogP contribution in [0.1, 0.15) is 38.2 Å². The van der Waals surface area contributed by atoms with Gasteiger partial charge in [0.15, 0.2) is 11.5 Å². The van der Waals surface area contributed by atoms with E-state index in [1.54, 1.807) is 21.3 Å². The van der Waals surface area contributed by atoms with Gasteiger partial charge in [-0.3, -0.25) is 9.59 Å². The maximum atomic E-state index is 12.9. The Bertz CT molecular complexity index is 719. The highest BCUT2D eigenvalue weighted by molar-refractivity contribution is 5.85. The normalized spacial score (nSPS) is 21.6. The van der Waals surface area contributed by atoms with E-state index in [-0.39, 0.29) is 35.6 Å². The number of amides is 2. The molecule has 0 aromatic heterocycles. The van der Waals surface area contributed by atoms with Crippen molar-refractivity contribution in [1.82, 2.24) is 10.2 Å². The van der Waals surface area contributed by atoms with Gasteiger partial charge in [-0.25, -0.2) is 0 Å². The second-order valence-electron chi connectivity index (χ2n) is 7.85. The highest BCUT2D eigenvalue weighted by Crippen LogP contribution is 2.44. The molecule has 1 saturated carbocycles. The lowest BCUT2D eigenvalue weighted by Crippen LogP contribution is -2.39. The van der Waals surface area contributed by atoms with Crippen LogP contribution >= 0.6 is 0 Å². The van der Waals surface area contributed by atoms with Crippen LogP contribution in [0.15, 0.2) is 12.1 Å². The van der Waals surface area contributed by atoms with Crippen LogP contribution < -0.4 is 19.5 Å². The van der Waals surface area contributed by atoms with E-state index in [0.29, 0.717) is 30.3 Å². The highest BCUT2D eigenvalue weighted by atomic mass is 16.5. The van der Waals surface area contributed by atoms with E-state index in [2.05, 4.69) is 5.32 Å². The van der Waals surface area contributed by atoms with Crippen LogP contribution in [-0.4, -0.2) is 57.2 Å². The molecule has 1 saturated heterocycles. The molecular weight excluding hydrogens is 360 g/mol. The summed E-state index contributed by atoms with van der Waals surface area (Å²) >= 11 is 0. The molecule has 2 atom stereocenters. The Morgan fingerprint density at radius 2 is 1.64 bits per heavy atom. The Morgan fingerprint density at radius 1 is 1.04 bits per heavy atom. The van der Waals surface area contributed by atoms with Crippen molar-refractivity contribution < 1.29 is 23.8 Å². The van der Waals surface area contributed by atoms with Gasteiger partial charge in [-0.15, -0.1) is 0 Å². The van der Waals surface area contributed by atoms with E-state index in [1.165, 1.54) is 0 Å². The summed E-state index contributed by atoms with van der Waals surface area (Å²) in [4.78, 5) is 27.4. The van der Waals surface area contributed by atoms with E-state index in [0.717, 1.165) is 18.4 Å². The summed E-state index contributed by atoms with van der Waals surface area (Å²) in [5, 5.41) is 3.00. The number of benzene rings is 1. The SMILES string of the molecule is COc1cc(C2CN(C(=O)C3CC3)CC2C(=O)NC(C)C)cc(OC)c1OC. The Balaban J connectivity index is 1.95. The van der Waals surface area contributed by atoms with Crippen molar-refractivity contribution in [3.8, 4) is 17.2 Å². The fourth-order valence-electron chi connectivity index (χ4n) is 3.88. The van der Waals surface area contributed by atoms with Crippen molar-refractivity contribution >= 4 is 11.8 Å². The topological polar surface area (TPSA) is 77.1 Å². The second-order valence-corrected chi connectivity index (χ2v) is 7.85. The van der Waals surface area contributed by atoms with Gasteiger partial charge in [0.25, 0.3) is 0 Å². The van der Waals surface area contributed by atoms with Crippen LogP contribution in [0.4, 0.5) is 0 Å². The van der Waals surface area contributed by atoms with Crippen molar-refractivity contribution in [1.29, 1.82) is 0 Å². The molecule has 1 heterocycles. The lowest BCUT2D eigenvalue weighted by molar-refractivity contribution is -0.132. The van der Waals surface area contributed by atoms with Gasteiger partial charge in [0.1, 0.15) is 0 Å². The van der Waals surface area contributed by atoms with Gasteiger partial charge in [0.05, 0.1) is 27.2 Å². The second kappa shape index (κ2) is 8.29. The van der Waals surface area contributed by atoms with Crippen LogP contribution in [0.2, 0.25) is 0 Å². The predicted molar refractivity (Wildman–Crippen MR) is 105 cm³/mol. The zero-order valence-corrected chi connectivity index (χ0v) is 17.3. The molecule has 1 aliphatic carbocycles. The molecule has 28 heavy (non-hydrogen) atoms. The van der Waals surface area contributed by atoms with E-state index < -0.39 is 0 Å². The Kier molecular flexibility index (Phi) is 6.01. The quantitative estimate of drug-likeness (QED) is 0.772. The summed E-state index contributed by atoms with van der Waals surface area (Å²) in [7, 11) is 4.70. The minimum atomic E-state index is -0.312. The maximum absolute atomic E-state index is 12.9. The largest absolute Gasteiger partial charge is 0.493 e. The summed E-state index contributed by atoms with van der Waals surface area (Å²) in [5.41, 5.74) is 0.907. The first-order valence-electron chi connectivity index (χ1n) is 9.78. The Labute approximate surface area is 166 Å². The van der Waals surface area contributed by atoms with Crippen molar-refractivity contribution in [3.63, 3.8) is 0 Å². The lowest BCUT2D eigenvalue weighted by Gasteiger charge is -2.21. The monoisotopic (exact) mass is 390 g/mol. The Morgan fingerprint density at radius 3 is 2.11 bits per heavy atom. The van der Waals surface area contributed by atoms with E-state index in [9.17, 15) is 9.59 Å². The summed E-state index contributed by atoms with van der Waals surface area (Å²) in [6.45, 7) is 4.84. The fraction of sp³-hybridized carbons (Fsp3) is 0.619. The summed E-state index contributed by atoms with van der Waals surface area (Å²) in [5.74, 6) is 1.44. The average Bonchev–Trinajstić information content (AvgIpc) is 3.43. The van der Waals surface area contributed by atoms with Gasteiger partial charge in [0, 0.05) is 31.0 Å². The molecular formula is C21H30N2O5. The molecule has 1 aromatic rings. The zero-order valence-electron chi connectivity index (χ0n) is 17.3. The van der Waals surface area contributed by atoms with E-state index in [1.807, 2.05) is 30.9 Å². The molecule has 2 fully saturated rings. The van der Waals surface area contributed by atoms with E-state index >= 15 is 0 Å². The number of carbonyl (C=O) groups excluding carboxylic acids is 2. The molecule has 1 N–H and O–H groups in total. The van der Waals surface area contributed by atoms with Gasteiger partial charge in [-0.1, -0.05) is 0 Å². The number of methoxy groups -OCH3 is 3. The first-order chi connectivity index (χ1) is 13.4. The number of hydrogen-bond acceptors (Lipinski definition) is 5. The molecule has 7 heteroatoms. The molecule has 7 nitrogen and oxygen atoms in total. The predicted octanol–water partition coefficient (Wildman–Crippen LogP) is 2.19. The minimum Gasteiger partial charge on any atom is -0.493 e.